The van der Waals surface area contributed by atoms with Crippen molar-refractivity contribution in [3.05, 3.63) is 30.3 Å². The Morgan fingerprint density at radius 2 is 1.50 bits per heavy atom. The number of para-hydroxylation sites is 1. The maximum atomic E-state index is 6.97. The Hall–Kier alpha value is -0.770. The SMILES string of the molecule is CCOC(Oc1ccccc1)C(Cl)(CC(C)C)CC(C)C.[NH4+]. The van der Waals surface area contributed by atoms with E-state index < -0.39 is 11.2 Å². The molecule has 1 rings (SSSR count). The van der Waals surface area contributed by atoms with Crippen LogP contribution in [0, 0.1) is 11.8 Å². The number of rotatable bonds is 9. The maximum absolute atomic E-state index is 6.97. The van der Waals surface area contributed by atoms with Crippen molar-refractivity contribution in [2.24, 2.45) is 11.8 Å². The van der Waals surface area contributed by atoms with E-state index in [9.17, 15) is 0 Å². The topological polar surface area (TPSA) is 55.0 Å². The fourth-order valence-electron chi connectivity index (χ4n) is 2.70. The summed E-state index contributed by atoms with van der Waals surface area (Å²) in [7, 11) is 0. The Labute approximate surface area is 140 Å². The van der Waals surface area contributed by atoms with Gasteiger partial charge in [0.15, 0.2) is 0 Å². The van der Waals surface area contributed by atoms with Gasteiger partial charge in [0.2, 0.25) is 6.29 Å². The predicted octanol–water partition coefficient (Wildman–Crippen LogP) is 5.87. The van der Waals surface area contributed by atoms with E-state index in [0.717, 1.165) is 18.6 Å². The van der Waals surface area contributed by atoms with E-state index in [2.05, 4.69) is 27.7 Å². The van der Waals surface area contributed by atoms with E-state index in [1.54, 1.807) is 0 Å². The molecule has 4 heteroatoms. The summed E-state index contributed by atoms with van der Waals surface area (Å²) in [5, 5.41) is 0. The standard InChI is InChI=1S/C18H29ClO2.H3N/c1-6-20-17(21-16-10-8-7-9-11-16)18(19,12-14(2)3)13-15(4)5;/h7-11,14-15,17H,6,12-13H2,1-5H3;1H3/p+1. The Morgan fingerprint density at radius 3 is 1.91 bits per heavy atom. The number of hydrogen-bond acceptors (Lipinski definition) is 2. The van der Waals surface area contributed by atoms with Crippen molar-refractivity contribution in [2.75, 3.05) is 6.61 Å². The van der Waals surface area contributed by atoms with Crippen LogP contribution in [0.3, 0.4) is 0 Å². The van der Waals surface area contributed by atoms with Gasteiger partial charge in [0, 0.05) is 6.61 Å². The molecule has 22 heavy (non-hydrogen) atoms. The third-order valence-corrected chi connectivity index (χ3v) is 3.71. The molecule has 0 amide bonds. The molecule has 0 heterocycles. The molecule has 0 fully saturated rings. The van der Waals surface area contributed by atoms with Crippen molar-refractivity contribution in [2.45, 2.75) is 58.6 Å². The van der Waals surface area contributed by atoms with E-state index in [0.29, 0.717) is 18.4 Å². The van der Waals surface area contributed by atoms with Crippen LogP contribution in [0.1, 0.15) is 47.5 Å². The van der Waals surface area contributed by atoms with Crippen molar-refractivity contribution >= 4 is 11.6 Å². The smallest absolute Gasteiger partial charge is 0.219 e. The molecule has 1 unspecified atom stereocenters. The summed E-state index contributed by atoms with van der Waals surface area (Å²) < 4.78 is 11.9. The zero-order chi connectivity index (χ0) is 15.9. The molecule has 0 aliphatic rings. The molecule has 128 valence electrons. The van der Waals surface area contributed by atoms with E-state index in [-0.39, 0.29) is 6.15 Å². The van der Waals surface area contributed by atoms with Gasteiger partial charge < -0.3 is 15.6 Å². The second-order valence-corrected chi connectivity index (χ2v) is 7.20. The van der Waals surface area contributed by atoms with Crippen molar-refractivity contribution in [1.29, 1.82) is 0 Å². The van der Waals surface area contributed by atoms with Gasteiger partial charge in [-0.05, 0) is 43.7 Å². The van der Waals surface area contributed by atoms with Crippen LogP contribution >= 0.6 is 11.6 Å². The van der Waals surface area contributed by atoms with Crippen LogP contribution < -0.4 is 10.9 Å². The molecule has 3 nitrogen and oxygen atoms in total. The second-order valence-electron chi connectivity index (χ2n) is 6.45. The maximum Gasteiger partial charge on any atom is 0.219 e. The zero-order valence-corrected chi connectivity index (χ0v) is 15.7. The molecular weight excluding hydrogens is 298 g/mol. The molecule has 1 aromatic rings. The molecule has 4 N–H and O–H groups in total. The van der Waals surface area contributed by atoms with Gasteiger partial charge in [-0.25, -0.2) is 0 Å². The van der Waals surface area contributed by atoms with E-state index >= 15 is 0 Å². The highest BCUT2D eigenvalue weighted by Gasteiger charge is 2.40. The highest BCUT2D eigenvalue weighted by Crippen LogP contribution is 2.37. The van der Waals surface area contributed by atoms with Crippen molar-refractivity contribution in [1.82, 2.24) is 6.15 Å². The quantitative estimate of drug-likeness (QED) is 0.454. The minimum atomic E-state index is -0.506. The summed E-state index contributed by atoms with van der Waals surface area (Å²) >= 11 is 6.97. The highest BCUT2D eigenvalue weighted by atomic mass is 35.5. The minimum absolute atomic E-state index is 0. The lowest BCUT2D eigenvalue weighted by Crippen LogP contribution is -2.45. The Bertz CT molecular complexity index is 385. The van der Waals surface area contributed by atoms with Gasteiger partial charge in [-0.15, -0.1) is 11.6 Å². The molecule has 0 saturated heterocycles. The number of alkyl halides is 1. The summed E-state index contributed by atoms with van der Waals surface area (Å²) in [5.74, 6) is 1.78. The van der Waals surface area contributed by atoms with Gasteiger partial charge in [-0.1, -0.05) is 45.9 Å². The van der Waals surface area contributed by atoms with Gasteiger partial charge in [-0.2, -0.15) is 0 Å². The van der Waals surface area contributed by atoms with Crippen LogP contribution in [0.5, 0.6) is 5.75 Å². The van der Waals surface area contributed by atoms with Crippen molar-refractivity contribution in [3.63, 3.8) is 0 Å². The number of ether oxygens (including phenoxy) is 2. The third-order valence-electron chi connectivity index (χ3n) is 3.22. The Balaban J connectivity index is 0.00000441. The van der Waals surface area contributed by atoms with Crippen LogP contribution in [-0.4, -0.2) is 17.8 Å². The van der Waals surface area contributed by atoms with Gasteiger partial charge in [0.05, 0.1) is 0 Å². The molecular formula is C18H33ClNO2+. The van der Waals surface area contributed by atoms with E-state index in [1.165, 1.54) is 0 Å². The van der Waals surface area contributed by atoms with Gasteiger partial charge in [-0.3, -0.25) is 0 Å². The van der Waals surface area contributed by atoms with Crippen LogP contribution in [0.15, 0.2) is 30.3 Å². The normalized spacial score (nSPS) is 13.1. The third kappa shape index (κ3) is 6.99. The van der Waals surface area contributed by atoms with Crippen molar-refractivity contribution < 1.29 is 9.47 Å². The summed E-state index contributed by atoms with van der Waals surface area (Å²) in [6, 6.07) is 9.76. The van der Waals surface area contributed by atoms with E-state index in [4.69, 9.17) is 21.1 Å². The van der Waals surface area contributed by atoms with Gasteiger partial charge in [0.1, 0.15) is 10.6 Å². The first kappa shape index (κ1) is 21.2. The molecule has 0 aliphatic carbocycles. The first-order chi connectivity index (χ1) is 9.87. The Kier molecular flexibility index (Phi) is 9.74. The monoisotopic (exact) mass is 330 g/mol. The van der Waals surface area contributed by atoms with E-state index in [1.807, 2.05) is 37.3 Å². The lowest BCUT2D eigenvalue weighted by atomic mass is 9.88. The molecule has 0 bridgehead atoms. The molecule has 0 spiro atoms. The summed E-state index contributed by atoms with van der Waals surface area (Å²) in [6.07, 6.45) is 1.30. The van der Waals surface area contributed by atoms with Gasteiger partial charge in [0.25, 0.3) is 0 Å². The molecule has 0 aromatic heterocycles. The highest BCUT2D eigenvalue weighted by molar-refractivity contribution is 6.24. The fraction of sp³-hybridized carbons (Fsp3) is 0.667. The van der Waals surface area contributed by atoms with Crippen molar-refractivity contribution in [3.8, 4) is 5.75 Å². The summed E-state index contributed by atoms with van der Waals surface area (Å²) in [5.41, 5.74) is 0. The zero-order valence-electron chi connectivity index (χ0n) is 14.9. The first-order valence-corrected chi connectivity index (χ1v) is 8.27. The predicted molar refractivity (Wildman–Crippen MR) is 96.0 cm³/mol. The molecule has 0 saturated carbocycles. The first-order valence-electron chi connectivity index (χ1n) is 7.89. The van der Waals surface area contributed by atoms with Crippen LogP contribution in [-0.2, 0) is 4.74 Å². The number of hydrogen-bond donors (Lipinski definition) is 1. The number of quaternary nitrogens is 1. The average molecular weight is 331 g/mol. The van der Waals surface area contributed by atoms with Crippen LogP contribution in [0.4, 0.5) is 0 Å². The summed E-state index contributed by atoms with van der Waals surface area (Å²) in [6.45, 7) is 11.3. The molecule has 0 aliphatic heterocycles. The number of halogens is 1. The lowest BCUT2D eigenvalue weighted by Gasteiger charge is -2.37. The summed E-state index contributed by atoms with van der Waals surface area (Å²) in [4.78, 5) is -0.506. The fourth-order valence-corrected chi connectivity index (χ4v) is 3.42. The second kappa shape index (κ2) is 10.1. The number of benzene rings is 1. The Morgan fingerprint density at radius 1 is 1.00 bits per heavy atom. The van der Waals surface area contributed by atoms with Crippen LogP contribution in [0.25, 0.3) is 0 Å². The van der Waals surface area contributed by atoms with Crippen LogP contribution in [0.2, 0.25) is 0 Å². The largest absolute Gasteiger partial charge is 0.463 e. The lowest BCUT2D eigenvalue weighted by molar-refractivity contribution is -0.109. The molecule has 1 atom stereocenters. The minimum Gasteiger partial charge on any atom is -0.463 e. The van der Waals surface area contributed by atoms with Gasteiger partial charge >= 0.3 is 0 Å². The average Bonchev–Trinajstić information content (AvgIpc) is 2.37. The molecule has 1 aromatic carbocycles. The molecule has 0 radical (unpaired) electrons.